The third-order valence-corrected chi connectivity index (χ3v) is 1.21. The van der Waals surface area contributed by atoms with E-state index in [4.69, 9.17) is 0 Å². The van der Waals surface area contributed by atoms with Gasteiger partial charge in [0.05, 0.1) is 0 Å². The van der Waals surface area contributed by atoms with Gasteiger partial charge >= 0.3 is 0 Å². The van der Waals surface area contributed by atoms with Crippen molar-refractivity contribution in [1.29, 1.82) is 0 Å². The van der Waals surface area contributed by atoms with Gasteiger partial charge in [-0.15, -0.1) is 0 Å². The Balaban J connectivity index is 0.000001000. The van der Waals surface area contributed by atoms with Crippen LogP contribution in [0.4, 0.5) is 4.39 Å². The van der Waals surface area contributed by atoms with Crippen LogP contribution >= 0.6 is 0 Å². The van der Waals surface area contributed by atoms with Crippen molar-refractivity contribution in [2.24, 2.45) is 0 Å². The van der Waals surface area contributed by atoms with E-state index in [1.807, 2.05) is 0 Å². The molecule has 1 rings (SSSR count). The van der Waals surface area contributed by atoms with E-state index < -0.39 is 0 Å². The van der Waals surface area contributed by atoms with Crippen LogP contribution in [0.15, 0.2) is 24.3 Å². The molecular weight excluding hydrogens is 143 g/mol. The van der Waals surface area contributed by atoms with E-state index in [-0.39, 0.29) is 19.7 Å². The third-order valence-electron chi connectivity index (χ3n) is 1.21. The average Bonchev–Trinajstić information content (AvgIpc) is 1.88. The third kappa shape index (κ3) is 2.94. The lowest BCUT2D eigenvalue weighted by molar-refractivity contribution is -0.107. The number of rotatable bonds is 2. The Kier molecular flexibility index (Phi) is 4.11. The van der Waals surface area contributed by atoms with E-state index in [2.05, 4.69) is 0 Å². The van der Waals surface area contributed by atoms with Gasteiger partial charge in [0.25, 0.3) is 0 Å². The summed E-state index contributed by atoms with van der Waals surface area (Å²) in [5, 5.41) is 0. The lowest BCUT2D eigenvalue weighted by Crippen LogP contribution is -1.85. The summed E-state index contributed by atoms with van der Waals surface area (Å²) < 4.78 is 12.4. The Morgan fingerprint density at radius 3 is 2.73 bits per heavy atom. The summed E-state index contributed by atoms with van der Waals surface area (Å²) in [6, 6.07) is 6.02. The molecule has 0 aliphatic carbocycles. The largest absolute Gasteiger partial charge is 0.303 e. The van der Waals surface area contributed by atoms with Gasteiger partial charge in [0.2, 0.25) is 0 Å². The molecule has 0 aliphatic heterocycles. The SMILES string of the molecule is C.O=CCc1cccc(F)c1. The summed E-state index contributed by atoms with van der Waals surface area (Å²) in [6.45, 7) is 0. The number of halogens is 1. The van der Waals surface area contributed by atoms with Gasteiger partial charge in [0, 0.05) is 6.42 Å². The molecule has 0 aliphatic rings. The van der Waals surface area contributed by atoms with E-state index in [0.717, 1.165) is 11.8 Å². The van der Waals surface area contributed by atoms with E-state index in [1.54, 1.807) is 12.1 Å². The van der Waals surface area contributed by atoms with Gasteiger partial charge in [0.1, 0.15) is 12.1 Å². The molecule has 0 fully saturated rings. The van der Waals surface area contributed by atoms with Crippen LogP contribution in [0.5, 0.6) is 0 Å². The highest BCUT2D eigenvalue weighted by Gasteiger charge is 1.91. The number of carbonyl (C=O) groups excluding carboxylic acids is 1. The number of carbonyl (C=O) groups is 1. The van der Waals surface area contributed by atoms with Gasteiger partial charge in [-0.1, -0.05) is 19.6 Å². The normalized spacial score (nSPS) is 8.45. The fourth-order valence-electron chi connectivity index (χ4n) is 0.760. The second-order valence-corrected chi connectivity index (χ2v) is 2.00. The zero-order chi connectivity index (χ0) is 7.40. The van der Waals surface area contributed by atoms with E-state index in [1.165, 1.54) is 12.1 Å². The van der Waals surface area contributed by atoms with Crippen LogP contribution in [-0.2, 0) is 11.2 Å². The summed E-state index contributed by atoms with van der Waals surface area (Å²) in [6.07, 6.45) is 1.05. The van der Waals surface area contributed by atoms with Crippen LogP contribution in [0.25, 0.3) is 0 Å². The van der Waals surface area contributed by atoms with E-state index in [9.17, 15) is 9.18 Å². The molecule has 1 aromatic rings. The van der Waals surface area contributed by atoms with Crippen molar-refractivity contribution < 1.29 is 9.18 Å². The first-order chi connectivity index (χ1) is 4.83. The van der Waals surface area contributed by atoms with Gasteiger partial charge in [-0.25, -0.2) is 4.39 Å². The Morgan fingerprint density at radius 2 is 2.18 bits per heavy atom. The quantitative estimate of drug-likeness (QED) is 0.597. The fourth-order valence-corrected chi connectivity index (χ4v) is 0.760. The summed E-state index contributed by atoms with van der Waals surface area (Å²) in [7, 11) is 0. The molecule has 0 spiro atoms. The van der Waals surface area contributed by atoms with Crippen LogP contribution in [-0.4, -0.2) is 6.29 Å². The highest BCUT2D eigenvalue weighted by atomic mass is 19.1. The molecule has 0 N–H and O–H groups in total. The van der Waals surface area contributed by atoms with Gasteiger partial charge in [0.15, 0.2) is 0 Å². The maximum atomic E-state index is 12.4. The van der Waals surface area contributed by atoms with Crippen molar-refractivity contribution in [1.82, 2.24) is 0 Å². The van der Waals surface area contributed by atoms with Crippen molar-refractivity contribution in [3.05, 3.63) is 35.6 Å². The van der Waals surface area contributed by atoms with Crippen molar-refractivity contribution in [2.75, 3.05) is 0 Å². The maximum absolute atomic E-state index is 12.4. The Morgan fingerprint density at radius 1 is 1.45 bits per heavy atom. The van der Waals surface area contributed by atoms with Crippen LogP contribution in [0.1, 0.15) is 13.0 Å². The Hall–Kier alpha value is -1.18. The smallest absolute Gasteiger partial charge is 0.124 e. The summed E-state index contributed by atoms with van der Waals surface area (Å²) in [4.78, 5) is 9.96. The first-order valence-electron chi connectivity index (χ1n) is 3.01. The maximum Gasteiger partial charge on any atom is 0.124 e. The lowest BCUT2D eigenvalue weighted by atomic mass is 10.2. The topological polar surface area (TPSA) is 17.1 Å². The van der Waals surface area contributed by atoms with Crippen LogP contribution in [0, 0.1) is 5.82 Å². The minimum absolute atomic E-state index is 0. The predicted molar refractivity (Wildman–Crippen MR) is 42.9 cm³/mol. The second kappa shape index (κ2) is 4.61. The van der Waals surface area contributed by atoms with E-state index >= 15 is 0 Å². The van der Waals surface area contributed by atoms with Gasteiger partial charge in [-0.3, -0.25) is 0 Å². The van der Waals surface area contributed by atoms with E-state index in [0.29, 0.717) is 0 Å². The number of hydrogen-bond donors (Lipinski definition) is 0. The summed E-state index contributed by atoms with van der Waals surface area (Å²) in [5.74, 6) is -0.292. The molecular formula is C9H11FO. The molecule has 1 aromatic carbocycles. The average molecular weight is 154 g/mol. The fraction of sp³-hybridized carbons (Fsp3) is 0.222. The number of benzene rings is 1. The molecule has 0 unspecified atom stereocenters. The lowest BCUT2D eigenvalue weighted by Gasteiger charge is -1.92. The van der Waals surface area contributed by atoms with Gasteiger partial charge in [-0.05, 0) is 17.7 Å². The van der Waals surface area contributed by atoms with Gasteiger partial charge < -0.3 is 4.79 Å². The molecule has 0 atom stereocenters. The van der Waals surface area contributed by atoms with Crippen molar-refractivity contribution in [3.63, 3.8) is 0 Å². The zero-order valence-corrected chi connectivity index (χ0v) is 5.38. The molecule has 0 heterocycles. The van der Waals surface area contributed by atoms with Crippen LogP contribution < -0.4 is 0 Å². The highest BCUT2D eigenvalue weighted by molar-refractivity contribution is 5.54. The molecule has 0 aromatic heterocycles. The summed E-state index contributed by atoms with van der Waals surface area (Å²) in [5.41, 5.74) is 0.718. The summed E-state index contributed by atoms with van der Waals surface area (Å²) >= 11 is 0. The minimum atomic E-state index is -0.292. The Labute approximate surface area is 65.9 Å². The van der Waals surface area contributed by atoms with Crippen molar-refractivity contribution in [2.45, 2.75) is 13.8 Å². The second-order valence-electron chi connectivity index (χ2n) is 2.00. The molecule has 0 amide bonds. The highest BCUT2D eigenvalue weighted by Crippen LogP contribution is 2.02. The zero-order valence-electron chi connectivity index (χ0n) is 5.38. The van der Waals surface area contributed by atoms with Crippen LogP contribution in [0.3, 0.4) is 0 Å². The molecule has 0 saturated heterocycles. The minimum Gasteiger partial charge on any atom is -0.303 e. The van der Waals surface area contributed by atoms with Crippen LogP contribution in [0.2, 0.25) is 0 Å². The molecule has 0 radical (unpaired) electrons. The molecule has 11 heavy (non-hydrogen) atoms. The first kappa shape index (κ1) is 9.82. The molecule has 0 bridgehead atoms. The molecule has 1 nitrogen and oxygen atoms in total. The first-order valence-corrected chi connectivity index (χ1v) is 3.01. The molecule has 0 saturated carbocycles. The van der Waals surface area contributed by atoms with Gasteiger partial charge in [-0.2, -0.15) is 0 Å². The van der Waals surface area contributed by atoms with Crippen molar-refractivity contribution in [3.8, 4) is 0 Å². The number of hydrogen-bond acceptors (Lipinski definition) is 1. The predicted octanol–water partition coefficient (Wildman–Crippen LogP) is 2.20. The molecule has 60 valence electrons. The molecule has 2 heteroatoms. The monoisotopic (exact) mass is 154 g/mol. The Bertz CT molecular complexity index is 233. The number of aldehydes is 1. The standard InChI is InChI=1S/C8H7FO.CH4/c9-8-3-1-2-7(6-8)4-5-10;/h1-3,5-6H,4H2;1H4. The van der Waals surface area contributed by atoms with Crippen molar-refractivity contribution >= 4 is 6.29 Å².